The van der Waals surface area contributed by atoms with E-state index >= 15 is 0 Å². The fourth-order valence-electron chi connectivity index (χ4n) is 1.92. The lowest BCUT2D eigenvalue weighted by Gasteiger charge is -2.22. The van der Waals surface area contributed by atoms with Crippen LogP contribution in [0, 0.1) is 5.92 Å². The number of aromatic nitrogens is 1. The highest BCUT2D eigenvalue weighted by Crippen LogP contribution is 2.34. The Morgan fingerprint density at radius 1 is 1.63 bits per heavy atom. The molecular formula is C12H17N3O3S. The van der Waals surface area contributed by atoms with Gasteiger partial charge in [0.1, 0.15) is 0 Å². The number of amides is 2. The molecule has 0 radical (unpaired) electrons. The Kier molecular flexibility index (Phi) is 4.36. The van der Waals surface area contributed by atoms with Gasteiger partial charge >= 0.3 is 12.0 Å². The number of thiazole rings is 1. The Labute approximate surface area is 115 Å². The van der Waals surface area contributed by atoms with Crippen molar-refractivity contribution in [3.05, 3.63) is 16.6 Å². The van der Waals surface area contributed by atoms with Crippen LogP contribution in [0.1, 0.15) is 25.0 Å². The third-order valence-electron chi connectivity index (χ3n) is 3.12. The van der Waals surface area contributed by atoms with E-state index in [0.717, 1.165) is 18.5 Å². The van der Waals surface area contributed by atoms with E-state index in [9.17, 15) is 9.59 Å². The molecule has 1 aliphatic rings. The Morgan fingerprint density at radius 3 is 2.89 bits per heavy atom. The molecule has 0 saturated heterocycles. The number of aliphatic carboxylic acids is 1. The normalized spacial score (nSPS) is 15.8. The first kappa shape index (κ1) is 13.8. The average Bonchev–Trinajstić information content (AvgIpc) is 3.07. The quantitative estimate of drug-likeness (QED) is 0.829. The van der Waals surface area contributed by atoms with Gasteiger partial charge < -0.3 is 15.3 Å². The van der Waals surface area contributed by atoms with Crippen molar-refractivity contribution >= 4 is 23.3 Å². The Morgan fingerprint density at radius 2 is 2.37 bits per heavy atom. The first-order chi connectivity index (χ1) is 9.06. The lowest BCUT2D eigenvalue weighted by molar-refractivity contribution is -0.137. The van der Waals surface area contributed by atoms with Gasteiger partial charge in [-0.25, -0.2) is 9.78 Å². The molecule has 1 fully saturated rings. The Hall–Kier alpha value is -1.63. The van der Waals surface area contributed by atoms with Crippen molar-refractivity contribution in [2.75, 3.05) is 7.05 Å². The van der Waals surface area contributed by atoms with Gasteiger partial charge in [-0.05, 0) is 18.8 Å². The van der Waals surface area contributed by atoms with Crippen molar-refractivity contribution in [3.63, 3.8) is 0 Å². The number of hydrogen-bond donors (Lipinski definition) is 2. The molecule has 19 heavy (non-hydrogen) atoms. The summed E-state index contributed by atoms with van der Waals surface area (Å²) in [5.74, 6) is -0.563. The predicted octanol–water partition coefficient (Wildman–Crippen LogP) is 1.54. The zero-order valence-electron chi connectivity index (χ0n) is 10.7. The summed E-state index contributed by atoms with van der Waals surface area (Å²) in [6, 6.07) is -0.506. The van der Waals surface area contributed by atoms with E-state index in [0.29, 0.717) is 12.5 Å². The average molecular weight is 283 g/mol. The van der Waals surface area contributed by atoms with Gasteiger partial charge in [0.05, 0.1) is 24.2 Å². The summed E-state index contributed by atoms with van der Waals surface area (Å²) in [6.07, 6.45) is 1.98. The molecular weight excluding hydrogens is 266 g/mol. The molecule has 7 heteroatoms. The van der Waals surface area contributed by atoms with Gasteiger partial charge in [-0.1, -0.05) is 0 Å². The van der Waals surface area contributed by atoms with Crippen molar-refractivity contribution in [2.24, 2.45) is 5.92 Å². The number of nitrogens with zero attached hydrogens (tertiary/aromatic N) is 2. The van der Waals surface area contributed by atoms with E-state index in [1.807, 2.05) is 5.38 Å². The van der Waals surface area contributed by atoms with Gasteiger partial charge in [-0.15, -0.1) is 11.3 Å². The molecule has 2 N–H and O–H groups in total. The number of nitrogens with one attached hydrogen (secondary N) is 1. The van der Waals surface area contributed by atoms with E-state index in [1.165, 1.54) is 16.2 Å². The van der Waals surface area contributed by atoms with E-state index < -0.39 is 5.97 Å². The highest BCUT2D eigenvalue weighted by atomic mass is 32.1. The molecule has 1 atom stereocenters. The number of carboxylic acid groups (broad SMARTS) is 1. The summed E-state index contributed by atoms with van der Waals surface area (Å²) >= 11 is 1.48. The van der Waals surface area contributed by atoms with Crippen molar-refractivity contribution in [1.29, 1.82) is 0 Å². The molecule has 0 spiro atoms. The number of rotatable bonds is 6. The van der Waals surface area contributed by atoms with E-state index in [4.69, 9.17) is 5.11 Å². The first-order valence-corrected chi connectivity index (χ1v) is 7.11. The van der Waals surface area contributed by atoms with Crippen LogP contribution in [0.3, 0.4) is 0 Å². The highest BCUT2D eigenvalue weighted by molar-refractivity contribution is 7.07. The van der Waals surface area contributed by atoms with Crippen LogP contribution in [0.2, 0.25) is 0 Å². The lowest BCUT2D eigenvalue weighted by atomic mass is 10.1. The van der Waals surface area contributed by atoms with Crippen LogP contribution in [-0.4, -0.2) is 40.1 Å². The minimum absolute atomic E-state index is 0.0129. The summed E-state index contributed by atoms with van der Waals surface area (Å²) in [5.41, 5.74) is 2.56. The third kappa shape index (κ3) is 4.20. The van der Waals surface area contributed by atoms with E-state index in [2.05, 4.69) is 10.3 Å². The van der Waals surface area contributed by atoms with Gasteiger partial charge in [0.25, 0.3) is 0 Å². The van der Waals surface area contributed by atoms with Crippen LogP contribution < -0.4 is 5.32 Å². The molecule has 104 valence electrons. The third-order valence-corrected chi connectivity index (χ3v) is 3.76. The smallest absolute Gasteiger partial charge is 0.317 e. The zero-order chi connectivity index (χ0) is 13.8. The number of urea groups is 1. The zero-order valence-corrected chi connectivity index (χ0v) is 11.5. The maximum absolute atomic E-state index is 12.0. The fourth-order valence-corrected chi connectivity index (χ4v) is 2.47. The summed E-state index contributed by atoms with van der Waals surface area (Å²) in [4.78, 5) is 28.4. The lowest BCUT2D eigenvalue weighted by Crippen LogP contribution is -2.44. The monoisotopic (exact) mass is 283 g/mol. The van der Waals surface area contributed by atoms with Crippen LogP contribution in [0.5, 0.6) is 0 Å². The molecule has 1 unspecified atom stereocenters. The van der Waals surface area contributed by atoms with E-state index in [-0.39, 0.29) is 18.5 Å². The van der Waals surface area contributed by atoms with Crippen molar-refractivity contribution in [1.82, 2.24) is 15.2 Å². The van der Waals surface area contributed by atoms with Crippen molar-refractivity contribution in [3.8, 4) is 0 Å². The maximum Gasteiger partial charge on any atom is 0.317 e. The minimum Gasteiger partial charge on any atom is -0.481 e. The van der Waals surface area contributed by atoms with Gasteiger partial charge in [0, 0.05) is 18.5 Å². The van der Waals surface area contributed by atoms with Crippen LogP contribution in [0.15, 0.2) is 10.9 Å². The molecule has 1 aromatic rings. The van der Waals surface area contributed by atoms with Gasteiger partial charge in [-0.3, -0.25) is 4.79 Å². The largest absolute Gasteiger partial charge is 0.481 e. The molecule has 6 nitrogen and oxygen atoms in total. The highest BCUT2D eigenvalue weighted by Gasteiger charge is 2.34. The molecule has 1 heterocycles. The van der Waals surface area contributed by atoms with Crippen LogP contribution in [0.25, 0.3) is 0 Å². The molecule has 1 aromatic heterocycles. The second kappa shape index (κ2) is 6.01. The van der Waals surface area contributed by atoms with Crippen LogP contribution in [0.4, 0.5) is 4.79 Å². The standard InChI is InChI=1S/C12H17N3O3S/c1-15(5-9-6-19-7-13-9)12(18)14-10(4-11(16)17)8-2-3-8/h6-8,10H,2-5H2,1H3,(H,14,18)(H,16,17). The second-order valence-corrected chi connectivity index (χ2v) is 5.55. The van der Waals surface area contributed by atoms with Gasteiger partial charge in [0.15, 0.2) is 0 Å². The fraction of sp³-hybridized carbons (Fsp3) is 0.583. The molecule has 0 bridgehead atoms. The molecule has 2 rings (SSSR count). The number of carbonyl (C=O) groups excluding carboxylic acids is 1. The maximum atomic E-state index is 12.0. The summed E-state index contributed by atoms with van der Waals surface area (Å²) in [6.45, 7) is 0.430. The summed E-state index contributed by atoms with van der Waals surface area (Å²) in [5, 5.41) is 13.5. The predicted molar refractivity (Wildman–Crippen MR) is 70.9 cm³/mol. The molecule has 2 amide bonds. The SMILES string of the molecule is CN(Cc1cscn1)C(=O)NC(CC(=O)O)C1CC1. The molecule has 1 aliphatic carbocycles. The summed E-state index contributed by atoms with van der Waals surface area (Å²) in [7, 11) is 1.68. The minimum atomic E-state index is -0.876. The Bertz CT molecular complexity index is 445. The Balaban J connectivity index is 1.85. The van der Waals surface area contributed by atoms with Crippen LogP contribution in [-0.2, 0) is 11.3 Å². The van der Waals surface area contributed by atoms with Crippen LogP contribution >= 0.6 is 11.3 Å². The first-order valence-electron chi connectivity index (χ1n) is 6.16. The van der Waals surface area contributed by atoms with Gasteiger partial charge in [0.2, 0.25) is 0 Å². The van der Waals surface area contributed by atoms with Gasteiger partial charge in [-0.2, -0.15) is 0 Å². The number of carbonyl (C=O) groups is 2. The second-order valence-electron chi connectivity index (χ2n) is 4.83. The topological polar surface area (TPSA) is 82.5 Å². The molecule has 0 aliphatic heterocycles. The van der Waals surface area contributed by atoms with Crippen molar-refractivity contribution < 1.29 is 14.7 Å². The van der Waals surface area contributed by atoms with Crippen molar-refractivity contribution in [2.45, 2.75) is 31.8 Å². The number of carboxylic acids is 1. The molecule has 0 aromatic carbocycles. The van der Waals surface area contributed by atoms with E-state index in [1.54, 1.807) is 12.6 Å². The molecule has 1 saturated carbocycles. The number of hydrogen-bond acceptors (Lipinski definition) is 4. The summed E-state index contributed by atoms with van der Waals surface area (Å²) < 4.78 is 0.